The Labute approximate surface area is 104 Å². The summed E-state index contributed by atoms with van der Waals surface area (Å²) >= 11 is 0. The molecule has 1 aliphatic carbocycles. The van der Waals surface area contributed by atoms with E-state index in [-0.39, 0.29) is 5.56 Å². The molecule has 0 atom stereocenters. The van der Waals surface area contributed by atoms with Crippen LogP contribution in [-0.2, 0) is 13.6 Å². The SMILES string of the molecule is Cn1ncc(C(=O)O)c1Cn1ccc(C2CC2)n1. The number of carboxylic acid groups (broad SMARTS) is 1. The van der Waals surface area contributed by atoms with Crippen LogP contribution >= 0.6 is 0 Å². The first-order valence-corrected chi connectivity index (χ1v) is 5.92. The van der Waals surface area contributed by atoms with E-state index in [1.54, 1.807) is 16.4 Å². The van der Waals surface area contributed by atoms with E-state index >= 15 is 0 Å². The molecule has 0 aliphatic heterocycles. The third-order valence-electron chi connectivity index (χ3n) is 3.26. The fraction of sp³-hybridized carbons (Fsp3) is 0.417. The lowest BCUT2D eigenvalue weighted by atomic mass is 10.2. The van der Waals surface area contributed by atoms with Gasteiger partial charge in [0.15, 0.2) is 0 Å². The maximum Gasteiger partial charge on any atom is 0.339 e. The third-order valence-corrected chi connectivity index (χ3v) is 3.26. The first kappa shape index (κ1) is 11.0. The first-order valence-electron chi connectivity index (χ1n) is 5.92. The standard InChI is InChI=1S/C12H14N4O2/c1-15-11(9(6-13-15)12(17)18)7-16-5-4-10(14-16)8-2-3-8/h4-6,8H,2-3,7H2,1H3,(H,17,18). The number of aryl methyl sites for hydroxylation is 1. The van der Waals surface area contributed by atoms with Gasteiger partial charge in [0.05, 0.1) is 24.1 Å². The Morgan fingerprint density at radius 1 is 1.56 bits per heavy atom. The number of aromatic nitrogens is 4. The first-order chi connectivity index (χ1) is 8.65. The zero-order valence-electron chi connectivity index (χ0n) is 10.1. The van der Waals surface area contributed by atoms with Crippen molar-refractivity contribution in [2.24, 2.45) is 7.05 Å². The molecule has 0 amide bonds. The van der Waals surface area contributed by atoms with Crippen molar-refractivity contribution in [3.05, 3.63) is 35.4 Å². The van der Waals surface area contributed by atoms with E-state index in [0.717, 1.165) is 5.69 Å². The Morgan fingerprint density at radius 3 is 3.00 bits per heavy atom. The fourth-order valence-corrected chi connectivity index (χ4v) is 2.04. The highest BCUT2D eigenvalue weighted by Gasteiger charge is 2.26. The Balaban J connectivity index is 1.86. The molecule has 0 unspecified atom stereocenters. The van der Waals surface area contributed by atoms with E-state index in [2.05, 4.69) is 10.2 Å². The van der Waals surface area contributed by atoms with Crippen molar-refractivity contribution >= 4 is 5.97 Å². The number of hydrogen-bond acceptors (Lipinski definition) is 3. The molecule has 0 bridgehead atoms. The zero-order valence-corrected chi connectivity index (χ0v) is 10.1. The molecule has 0 spiro atoms. The van der Waals surface area contributed by atoms with E-state index < -0.39 is 5.97 Å². The zero-order chi connectivity index (χ0) is 12.7. The van der Waals surface area contributed by atoms with Gasteiger partial charge in [-0.25, -0.2) is 4.79 Å². The summed E-state index contributed by atoms with van der Waals surface area (Å²) in [6.45, 7) is 0.435. The van der Waals surface area contributed by atoms with Gasteiger partial charge in [-0.1, -0.05) is 0 Å². The van der Waals surface area contributed by atoms with E-state index in [4.69, 9.17) is 5.11 Å². The quantitative estimate of drug-likeness (QED) is 0.880. The lowest BCUT2D eigenvalue weighted by molar-refractivity contribution is 0.0695. The van der Waals surface area contributed by atoms with Crippen LogP contribution in [0.15, 0.2) is 18.5 Å². The molecular weight excluding hydrogens is 232 g/mol. The molecule has 3 rings (SSSR count). The Bertz CT molecular complexity index is 595. The highest BCUT2D eigenvalue weighted by molar-refractivity contribution is 5.88. The molecule has 0 aromatic carbocycles. The van der Waals surface area contributed by atoms with Gasteiger partial charge in [0, 0.05) is 19.2 Å². The molecule has 94 valence electrons. The van der Waals surface area contributed by atoms with E-state index in [1.165, 1.54) is 19.0 Å². The van der Waals surface area contributed by atoms with E-state index in [9.17, 15) is 4.79 Å². The Hall–Kier alpha value is -2.11. The predicted octanol–water partition coefficient (Wildman–Crippen LogP) is 1.24. The smallest absolute Gasteiger partial charge is 0.339 e. The normalized spacial score (nSPS) is 14.9. The maximum atomic E-state index is 11.1. The maximum absolute atomic E-state index is 11.1. The molecule has 1 N–H and O–H groups in total. The number of nitrogens with zero attached hydrogens (tertiary/aromatic N) is 4. The molecule has 6 nitrogen and oxygen atoms in total. The molecule has 1 fully saturated rings. The van der Waals surface area contributed by atoms with Crippen molar-refractivity contribution in [2.75, 3.05) is 0 Å². The van der Waals surface area contributed by atoms with Gasteiger partial charge >= 0.3 is 5.97 Å². The third kappa shape index (κ3) is 1.90. The summed E-state index contributed by atoms with van der Waals surface area (Å²) in [4.78, 5) is 11.1. The van der Waals surface area contributed by atoms with Crippen LogP contribution in [-0.4, -0.2) is 30.6 Å². The molecule has 0 saturated heterocycles. The summed E-state index contributed by atoms with van der Waals surface area (Å²) in [5, 5.41) is 17.5. The van der Waals surface area contributed by atoms with Crippen LogP contribution in [0.25, 0.3) is 0 Å². The van der Waals surface area contributed by atoms with Crippen LogP contribution in [0.2, 0.25) is 0 Å². The molecule has 0 radical (unpaired) electrons. The van der Waals surface area contributed by atoms with Crippen molar-refractivity contribution in [2.45, 2.75) is 25.3 Å². The number of carboxylic acids is 1. The number of carbonyl (C=O) groups is 1. The summed E-state index contributed by atoms with van der Waals surface area (Å²) in [6.07, 6.45) is 5.70. The molecule has 2 aromatic heterocycles. The minimum atomic E-state index is -0.951. The second kappa shape index (κ2) is 3.97. The molecule has 6 heteroatoms. The average Bonchev–Trinajstić information content (AvgIpc) is 2.97. The fourth-order valence-electron chi connectivity index (χ4n) is 2.04. The number of aromatic carboxylic acids is 1. The summed E-state index contributed by atoms with van der Waals surface area (Å²) in [5.41, 5.74) is 2.00. The summed E-state index contributed by atoms with van der Waals surface area (Å²) in [6, 6.07) is 2.01. The van der Waals surface area contributed by atoms with Crippen molar-refractivity contribution in [1.29, 1.82) is 0 Å². The van der Waals surface area contributed by atoms with Crippen LogP contribution in [0.4, 0.5) is 0 Å². The molecule has 2 heterocycles. The monoisotopic (exact) mass is 246 g/mol. The van der Waals surface area contributed by atoms with E-state index in [1.807, 2.05) is 12.3 Å². The molecule has 1 aliphatic rings. The Morgan fingerprint density at radius 2 is 2.33 bits per heavy atom. The van der Waals surface area contributed by atoms with Gasteiger partial charge in [-0.3, -0.25) is 9.36 Å². The molecule has 18 heavy (non-hydrogen) atoms. The second-order valence-corrected chi connectivity index (χ2v) is 4.65. The van der Waals surface area contributed by atoms with Crippen LogP contribution < -0.4 is 0 Å². The average molecular weight is 246 g/mol. The highest BCUT2D eigenvalue weighted by Crippen LogP contribution is 2.38. The predicted molar refractivity (Wildman–Crippen MR) is 63.5 cm³/mol. The summed E-state index contributed by atoms with van der Waals surface area (Å²) < 4.78 is 3.36. The van der Waals surface area contributed by atoms with Crippen molar-refractivity contribution in [3.63, 3.8) is 0 Å². The van der Waals surface area contributed by atoms with Gasteiger partial charge in [0.25, 0.3) is 0 Å². The van der Waals surface area contributed by atoms with Gasteiger partial charge in [-0.2, -0.15) is 10.2 Å². The largest absolute Gasteiger partial charge is 0.478 e. The van der Waals surface area contributed by atoms with Crippen molar-refractivity contribution in [3.8, 4) is 0 Å². The van der Waals surface area contributed by atoms with Crippen LogP contribution in [0.5, 0.6) is 0 Å². The second-order valence-electron chi connectivity index (χ2n) is 4.65. The molecule has 1 saturated carbocycles. The van der Waals surface area contributed by atoms with Gasteiger partial charge in [0.1, 0.15) is 5.56 Å². The van der Waals surface area contributed by atoms with Crippen LogP contribution in [0, 0.1) is 0 Å². The van der Waals surface area contributed by atoms with Crippen molar-refractivity contribution in [1.82, 2.24) is 19.6 Å². The topological polar surface area (TPSA) is 72.9 Å². The van der Waals surface area contributed by atoms with Gasteiger partial charge in [-0.15, -0.1) is 0 Å². The minimum absolute atomic E-state index is 0.237. The van der Waals surface area contributed by atoms with Crippen LogP contribution in [0.3, 0.4) is 0 Å². The van der Waals surface area contributed by atoms with Crippen LogP contribution in [0.1, 0.15) is 40.5 Å². The van der Waals surface area contributed by atoms with E-state index in [0.29, 0.717) is 18.2 Å². The lowest BCUT2D eigenvalue weighted by Gasteiger charge is -2.04. The summed E-state index contributed by atoms with van der Waals surface area (Å²) in [5.74, 6) is -0.343. The highest BCUT2D eigenvalue weighted by atomic mass is 16.4. The molecule has 2 aromatic rings. The van der Waals surface area contributed by atoms with Gasteiger partial charge in [-0.05, 0) is 18.9 Å². The van der Waals surface area contributed by atoms with Gasteiger partial charge < -0.3 is 5.11 Å². The summed E-state index contributed by atoms with van der Waals surface area (Å²) in [7, 11) is 1.74. The lowest BCUT2D eigenvalue weighted by Crippen LogP contribution is -2.10. The molecular formula is C12H14N4O2. The Kier molecular flexibility index (Phi) is 2.43. The number of rotatable bonds is 4. The van der Waals surface area contributed by atoms with Gasteiger partial charge in [0.2, 0.25) is 0 Å². The minimum Gasteiger partial charge on any atom is -0.478 e. The number of hydrogen-bond donors (Lipinski definition) is 1. The van der Waals surface area contributed by atoms with Crippen molar-refractivity contribution < 1.29 is 9.90 Å².